The van der Waals surface area contributed by atoms with Crippen LogP contribution in [0.15, 0.2) is 60.7 Å². The molecule has 0 aliphatic carbocycles. The fourth-order valence-corrected chi connectivity index (χ4v) is 2.60. The van der Waals surface area contributed by atoms with Crippen molar-refractivity contribution in [2.45, 2.75) is 6.04 Å². The Labute approximate surface area is 123 Å². The minimum absolute atomic E-state index is 0.112. The standard InChI is InChI=1S/C17H16N2O2/c20-16-15(13-7-3-1-4-8-13)19(12-11-18-16)17(21)14-9-5-2-6-10-14/h1-10,15H,11-12H2,(H,18,20). The highest BCUT2D eigenvalue weighted by Gasteiger charge is 2.34. The second kappa shape index (κ2) is 5.79. The van der Waals surface area contributed by atoms with Gasteiger partial charge in [0.05, 0.1) is 0 Å². The van der Waals surface area contributed by atoms with Crippen molar-refractivity contribution in [2.24, 2.45) is 0 Å². The van der Waals surface area contributed by atoms with Crippen molar-refractivity contribution in [3.8, 4) is 0 Å². The molecule has 2 aromatic carbocycles. The van der Waals surface area contributed by atoms with Gasteiger partial charge in [-0.1, -0.05) is 48.5 Å². The van der Waals surface area contributed by atoms with E-state index in [1.165, 1.54) is 0 Å². The van der Waals surface area contributed by atoms with E-state index < -0.39 is 6.04 Å². The first-order valence-electron chi connectivity index (χ1n) is 6.96. The number of piperazine rings is 1. The first-order chi connectivity index (χ1) is 10.3. The Hall–Kier alpha value is -2.62. The molecule has 106 valence electrons. The number of carbonyl (C=O) groups excluding carboxylic acids is 2. The molecule has 4 heteroatoms. The molecule has 1 fully saturated rings. The lowest BCUT2D eigenvalue weighted by Crippen LogP contribution is -2.52. The summed E-state index contributed by atoms with van der Waals surface area (Å²) in [4.78, 5) is 26.6. The molecule has 0 radical (unpaired) electrons. The average molecular weight is 280 g/mol. The summed E-state index contributed by atoms with van der Waals surface area (Å²) < 4.78 is 0. The fourth-order valence-electron chi connectivity index (χ4n) is 2.60. The number of amides is 2. The molecular weight excluding hydrogens is 264 g/mol. The summed E-state index contributed by atoms with van der Waals surface area (Å²) in [5.74, 6) is -0.240. The van der Waals surface area contributed by atoms with Crippen LogP contribution in [0, 0.1) is 0 Å². The van der Waals surface area contributed by atoms with Crippen LogP contribution in [0.25, 0.3) is 0 Å². The molecule has 1 atom stereocenters. The first kappa shape index (κ1) is 13.4. The van der Waals surface area contributed by atoms with Crippen molar-refractivity contribution in [3.05, 3.63) is 71.8 Å². The zero-order valence-corrected chi connectivity index (χ0v) is 11.5. The maximum absolute atomic E-state index is 12.7. The predicted octanol–water partition coefficient (Wildman–Crippen LogP) is 2.00. The van der Waals surface area contributed by atoms with Gasteiger partial charge in [-0.3, -0.25) is 9.59 Å². The van der Waals surface area contributed by atoms with Crippen molar-refractivity contribution in [2.75, 3.05) is 13.1 Å². The molecule has 1 saturated heterocycles. The van der Waals surface area contributed by atoms with Crippen LogP contribution >= 0.6 is 0 Å². The van der Waals surface area contributed by atoms with Crippen molar-refractivity contribution < 1.29 is 9.59 Å². The SMILES string of the molecule is O=C1NCCN(C(=O)c2ccccc2)C1c1ccccc1. The number of hydrogen-bond acceptors (Lipinski definition) is 2. The van der Waals surface area contributed by atoms with Gasteiger partial charge in [0.1, 0.15) is 6.04 Å². The lowest BCUT2D eigenvalue weighted by atomic mass is 10.0. The second-order valence-electron chi connectivity index (χ2n) is 4.97. The van der Waals surface area contributed by atoms with E-state index in [0.29, 0.717) is 18.7 Å². The molecule has 0 aromatic heterocycles. The smallest absolute Gasteiger partial charge is 0.254 e. The Morgan fingerprint density at radius 2 is 1.62 bits per heavy atom. The van der Waals surface area contributed by atoms with E-state index in [4.69, 9.17) is 0 Å². The van der Waals surface area contributed by atoms with Crippen LogP contribution in [-0.4, -0.2) is 29.8 Å². The van der Waals surface area contributed by atoms with Gasteiger partial charge in [0.15, 0.2) is 0 Å². The van der Waals surface area contributed by atoms with Crippen LogP contribution in [0.2, 0.25) is 0 Å². The molecule has 1 unspecified atom stereocenters. The van der Waals surface area contributed by atoms with E-state index in [0.717, 1.165) is 5.56 Å². The van der Waals surface area contributed by atoms with E-state index in [-0.39, 0.29) is 11.8 Å². The molecule has 0 saturated carbocycles. The third kappa shape index (κ3) is 2.65. The van der Waals surface area contributed by atoms with Crippen LogP contribution in [0.1, 0.15) is 22.0 Å². The maximum Gasteiger partial charge on any atom is 0.254 e. The minimum Gasteiger partial charge on any atom is -0.352 e. The van der Waals surface area contributed by atoms with Gasteiger partial charge in [-0.2, -0.15) is 0 Å². The van der Waals surface area contributed by atoms with Crippen molar-refractivity contribution in [3.63, 3.8) is 0 Å². The van der Waals surface area contributed by atoms with Gasteiger partial charge < -0.3 is 10.2 Å². The lowest BCUT2D eigenvalue weighted by Gasteiger charge is -2.35. The molecule has 1 aliphatic heterocycles. The first-order valence-corrected chi connectivity index (χ1v) is 6.96. The summed E-state index contributed by atoms with van der Waals surface area (Å²) in [6.07, 6.45) is 0. The monoisotopic (exact) mass is 280 g/mol. The molecule has 0 bridgehead atoms. The summed E-state index contributed by atoms with van der Waals surface area (Å²) in [6.45, 7) is 1.000. The maximum atomic E-state index is 12.7. The van der Waals surface area contributed by atoms with E-state index in [1.54, 1.807) is 17.0 Å². The third-order valence-corrected chi connectivity index (χ3v) is 3.61. The quantitative estimate of drug-likeness (QED) is 0.914. The topological polar surface area (TPSA) is 49.4 Å². The molecule has 0 spiro atoms. The van der Waals surface area contributed by atoms with Crippen LogP contribution < -0.4 is 5.32 Å². The second-order valence-corrected chi connectivity index (χ2v) is 4.97. The van der Waals surface area contributed by atoms with Crippen LogP contribution in [-0.2, 0) is 4.79 Å². The summed E-state index contributed by atoms with van der Waals surface area (Å²) in [5.41, 5.74) is 1.44. The molecule has 1 N–H and O–H groups in total. The van der Waals surface area contributed by atoms with Gasteiger partial charge in [-0.25, -0.2) is 0 Å². The van der Waals surface area contributed by atoms with Crippen LogP contribution in [0.4, 0.5) is 0 Å². The Morgan fingerprint density at radius 3 is 2.29 bits per heavy atom. The minimum atomic E-state index is -0.562. The number of nitrogens with zero attached hydrogens (tertiary/aromatic N) is 1. The average Bonchev–Trinajstić information content (AvgIpc) is 2.55. The summed E-state index contributed by atoms with van der Waals surface area (Å²) in [6, 6.07) is 17.9. The number of rotatable bonds is 2. The van der Waals surface area contributed by atoms with Gasteiger partial charge in [0.2, 0.25) is 5.91 Å². The lowest BCUT2D eigenvalue weighted by molar-refractivity contribution is -0.128. The number of benzene rings is 2. The zero-order valence-electron chi connectivity index (χ0n) is 11.5. The molecule has 21 heavy (non-hydrogen) atoms. The molecule has 2 amide bonds. The van der Waals surface area contributed by atoms with Crippen LogP contribution in [0.3, 0.4) is 0 Å². The van der Waals surface area contributed by atoms with Crippen molar-refractivity contribution in [1.82, 2.24) is 10.2 Å². The summed E-state index contributed by atoms with van der Waals surface area (Å²) >= 11 is 0. The molecule has 1 heterocycles. The largest absolute Gasteiger partial charge is 0.352 e. The Morgan fingerprint density at radius 1 is 1.00 bits per heavy atom. The Bertz CT molecular complexity index is 640. The molecule has 2 aromatic rings. The van der Waals surface area contributed by atoms with Crippen molar-refractivity contribution >= 4 is 11.8 Å². The van der Waals surface area contributed by atoms with E-state index >= 15 is 0 Å². The highest BCUT2D eigenvalue weighted by Crippen LogP contribution is 2.24. The predicted molar refractivity (Wildman–Crippen MR) is 79.7 cm³/mol. The normalized spacial score (nSPS) is 18.2. The third-order valence-electron chi connectivity index (χ3n) is 3.61. The van der Waals surface area contributed by atoms with E-state index in [2.05, 4.69) is 5.32 Å². The number of carbonyl (C=O) groups is 2. The van der Waals surface area contributed by atoms with Gasteiger partial charge in [0, 0.05) is 18.7 Å². The number of hydrogen-bond donors (Lipinski definition) is 1. The highest BCUT2D eigenvalue weighted by molar-refractivity contribution is 5.98. The summed E-state index contributed by atoms with van der Waals surface area (Å²) in [5, 5.41) is 2.83. The number of nitrogens with one attached hydrogen (secondary N) is 1. The molecular formula is C17H16N2O2. The van der Waals surface area contributed by atoms with Gasteiger partial charge >= 0.3 is 0 Å². The van der Waals surface area contributed by atoms with Gasteiger partial charge in [-0.15, -0.1) is 0 Å². The van der Waals surface area contributed by atoms with Gasteiger partial charge in [0.25, 0.3) is 5.91 Å². The fraction of sp³-hybridized carbons (Fsp3) is 0.176. The van der Waals surface area contributed by atoms with Gasteiger partial charge in [-0.05, 0) is 17.7 Å². The zero-order chi connectivity index (χ0) is 14.7. The van der Waals surface area contributed by atoms with E-state index in [9.17, 15) is 9.59 Å². The Kier molecular flexibility index (Phi) is 3.69. The van der Waals surface area contributed by atoms with E-state index in [1.807, 2.05) is 48.5 Å². The molecule has 1 aliphatic rings. The summed E-state index contributed by atoms with van der Waals surface area (Å²) in [7, 11) is 0. The molecule has 3 rings (SSSR count). The molecule has 4 nitrogen and oxygen atoms in total. The van der Waals surface area contributed by atoms with Crippen LogP contribution in [0.5, 0.6) is 0 Å². The van der Waals surface area contributed by atoms with Crippen molar-refractivity contribution in [1.29, 1.82) is 0 Å². The highest BCUT2D eigenvalue weighted by atomic mass is 16.2. The Balaban J connectivity index is 1.95.